The summed E-state index contributed by atoms with van der Waals surface area (Å²) in [6, 6.07) is 18.4. The zero-order valence-corrected chi connectivity index (χ0v) is 14.0. The van der Waals surface area contributed by atoms with Crippen molar-refractivity contribution in [1.29, 1.82) is 0 Å². The van der Waals surface area contributed by atoms with E-state index in [1.165, 1.54) is 4.90 Å². The number of aliphatic carboxylic acids is 1. The van der Waals surface area contributed by atoms with Gasteiger partial charge in [0.1, 0.15) is 5.76 Å². The van der Waals surface area contributed by atoms with Gasteiger partial charge in [-0.3, -0.25) is 4.79 Å². The molecule has 5 nitrogen and oxygen atoms in total. The van der Waals surface area contributed by atoms with Crippen LogP contribution in [0.25, 0.3) is 11.3 Å². The average Bonchev–Trinajstić information content (AvgIpc) is 3.31. The highest BCUT2D eigenvalue weighted by Crippen LogP contribution is 2.36. The van der Waals surface area contributed by atoms with E-state index >= 15 is 0 Å². The summed E-state index contributed by atoms with van der Waals surface area (Å²) in [5, 5.41) is 9.42. The lowest BCUT2D eigenvalue weighted by molar-refractivity contribution is -0.133. The molecule has 0 aromatic heterocycles. The summed E-state index contributed by atoms with van der Waals surface area (Å²) in [6.45, 7) is 0. The van der Waals surface area contributed by atoms with E-state index in [-0.39, 0.29) is 11.5 Å². The van der Waals surface area contributed by atoms with E-state index < -0.39 is 5.97 Å². The molecular weight excluding hydrogens is 330 g/mol. The Hall–Kier alpha value is -3.34. The van der Waals surface area contributed by atoms with Crippen molar-refractivity contribution in [2.45, 2.75) is 19.3 Å². The standard InChI is InChI=1S/C21H17NO4/c23-20(16-9-5-10-17(16)21(24)25)22(15-7-2-1-3-8-15)19-13-12-14-6-4-11-18(14)26-19/h1-4,6-8,11-13H,5,9-10H2,(H,24,25). The predicted octanol–water partition coefficient (Wildman–Crippen LogP) is 4.61. The van der Waals surface area contributed by atoms with E-state index in [1.54, 1.807) is 18.2 Å². The molecule has 1 N–H and O–H groups in total. The summed E-state index contributed by atoms with van der Waals surface area (Å²) < 4.78 is 5.93. The number of carbonyl (C=O) groups excluding carboxylic acids is 1. The number of carboxylic acid groups (broad SMARTS) is 1. The Morgan fingerprint density at radius 3 is 2.42 bits per heavy atom. The Balaban J connectivity index is 1.84. The quantitative estimate of drug-likeness (QED) is 0.748. The van der Waals surface area contributed by atoms with Gasteiger partial charge in [-0.05, 0) is 43.5 Å². The van der Waals surface area contributed by atoms with E-state index in [0.29, 0.717) is 42.2 Å². The number of para-hydroxylation sites is 1. The number of fused-ring (bicyclic) bond motifs is 1. The zero-order valence-electron chi connectivity index (χ0n) is 14.0. The molecule has 1 aromatic carbocycles. The van der Waals surface area contributed by atoms with E-state index in [9.17, 15) is 14.7 Å². The van der Waals surface area contributed by atoms with Crippen LogP contribution in [0.4, 0.5) is 11.6 Å². The number of hydrogen-bond acceptors (Lipinski definition) is 3. The highest BCUT2D eigenvalue weighted by molar-refractivity contribution is 6.13. The second-order valence-corrected chi connectivity index (χ2v) is 6.21. The lowest BCUT2D eigenvalue weighted by Gasteiger charge is -2.23. The van der Waals surface area contributed by atoms with E-state index in [4.69, 9.17) is 4.42 Å². The lowest BCUT2D eigenvalue weighted by atomic mass is 10.1. The molecule has 1 amide bonds. The molecule has 0 saturated heterocycles. The van der Waals surface area contributed by atoms with Crippen LogP contribution in [0.2, 0.25) is 0 Å². The third-order valence-corrected chi connectivity index (χ3v) is 4.60. The molecule has 1 aromatic rings. The average molecular weight is 347 g/mol. The number of benzene rings is 1. The Bertz CT molecular complexity index is 971. The van der Waals surface area contributed by atoms with Crippen LogP contribution in [0.5, 0.6) is 0 Å². The van der Waals surface area contributed by atoms with Gasteiger partial charge in [0.15, 0.2) is 0 Å². The van der Waals surface area contributed by atoms with Gasteiger partial charge in [-0.1, -0.05) is 30.3 Å². The molecule has 1 heterocycles. The van der Waals surface area contributed by atoms with Crippen LogP contribution >= 0.6 is 0 Å². The summed E-state index contributed by atoms with van der Waals surface area (Å²) in [4.78, 5) is 26.2. The summed E-state index contributed by atoms with van der Waals surface area (Å²) in [5.74, 6) is -0.331. The normalized spacial score (nSPS) is 14.0. The first-order chi connectivity index (χ1) is 12.6. The number of carbonyl (C=O) groups is 2. The van der Waals surface area contributed by atoms with Crippen LogP contribution in [0.15, 0.2) is 76.2 Å². The van der Waals surface area contributed by atoms with Gasteiger partial charge in [0.25, 0.3) is 5.91 Å². The summed E-state index contributed by atoms with van der Waals surface area (Å²) >= 11 is 0. The Kier molecular flexibility index (Phi) is 4.05. The third-order valence-electron chi connectivity index (χ3n) is 4.60. The van der Waals surface area contributed by atoms with Gasteiger partial charge in [0, 0.05) is 22.8 Å². The molecule has 5 heteroatoms. The number of nitrogens with zero attached hydrogens (tertiary/aromatic N) is 1. The first-order valence-corrected chi connectivity index (χ1v) is 8.48. The molecule has 26 heavy (non-hydrogen) atoms. The summed E-state index contributed by atoms with van der Waals surface area (Å²) in [7, 11) is 0. The second kappa shape index (κ2) is 6.52. The molecule has 0 unspecified atom stereocenters. The maximum atomic E-state index is 13.3. The van der Waals surface area contributed by atoms with Gasteiger partial charge in [0.05, 0.1) is 5.69 Å². The van der Waals surface area contributed by atoms with E-state index in [0.717, 1.165) is 5.56 Å². The van der Waals surface area contributed by atoms with Crippen molar-refractivity contribution in [1.82, 2.24) is 0 Å². The summed E-state index contributed by atoms with van der Waals surface area (Å²) in [6.07, 6.45) is 1.55. The molecule has 3 aliphatic rings. The molecular formula is C21H17NO4. The molecule has 130 valence electrons. The van der Waals surface area contributed by atoms with Crippen LogP contribution in [-0.4, -0.2) is 17.0 Å². The highest BCUT2D eigenvalue weighted by Gasteiger charge is 2.31. The molecule has 0 bridgehead atoms. The summed E-state index contributed by atoms with van der Waals surface area (Å²) in [5.41, 5.74) is 2.13. The fourth-order valence-electron chi connectivity index (χ4n) is 3.35. The Morgan fingerprint density at radius 1 is 0.885 bits per heavy atom. The van der Waals surface area contributed by atoms with Crippen molar-refractivity contribution in [2.75, 3.05) is 4.90 Å². The van der Waals surface area contributed by atoms with Crippen molar-refractivity contribution in [3.8, 4) is 11.3 Å². The molecule has 0 atom stereocenters. The predicted molar refractivity (Wildman–Crippen MR) is 97.4 cm³/mol. The van der Waals surface area contributed by atoms with Gasteiger partial charge < -0.3 is 9.52 Å². The van der Waals surface area contributed by atoms with Crippen molar-refractivity contribution in [2.24, 2.45) is 0 Å². The maximum Gasteiger partial charge on any atom is 0.332 e. The smallest absolute Gasteiger partial charge is 0.332 e. The monoisotopic (exact) mass is 347 g/mol. The minimum Gasteiger partial charge on any atom is -0.478 e. The zero-order chi connectivity index (χ0) is 18.1. The first-order valence-electron chi connectivity index (χ1n) is 8.48. The van der Waals surface area contributed by atoms with E-state index in [2.05, 4.69) is 0 Å². The van der Waals surface area contributed by atoms with Crippen molar-refractivity contribution in [3.05, 3.63) is 71.8 Å². The van der Waals surface area contributed by atoms with Crippen molar-refractivity contribution in [3.63, 3.8) is 0 Å². The second-order valence-electron chi connectivity index (χ2n) is 6.21. The number of anilines is 2. The fourth-order valence-corrected chi connectivity index (χ4v) is 3.35. The minimum atomic E-state index is -1.03. The first kappa shape index (κ1) is 16.1. The number of rotatable bonds is 4. The van der Waals surface area contributed by atoms with Crippen LogP contribution < -0.4 is 4.90 Å². The van der Waals surface area contributed by atoms with Crippen molar-refractivity contribution >= 4 is 23.4 Å². The van der Waals surface area contributed by atoms with Gasteiger partial charge in [-0.15, -0.1) is 0 Å². The van der Waals surface area contributed by atoms with Crippen molar-refractivity contribution < 1.29 is 19.1 Å². The minimum absolute atomic E-state index is 0.199. The largest absolute Gasteiger partial charge is 0.478 e. The topological polar surface area (TPSA) is 70.8 Å². The SMILES string of the molecule is O=C(O)C1=C(C(=O)N(c2ccccc2)c2ccc3cccc-3o2)CCC1. The highest BCUT2D eigenvalue weighted by atomic mass is 16.4. The molecule has 0 saturated carbocycles. The van der Waals surface area contributed by atoms with Crippen LogP contribution in [0, 0.1) is 0 Å². The number of amides is 1. The van der Waals surface area contributed by atoms with Crippen LogP contribution in [0.1, 0.15) is 19.3 Å². The number of carboxylic acids is 1. The van der Waals surface area contributed by atoms with Crippen LogP contribution in [-0.2, 0) is 9.59 Å². The van der Waals surface area contributed by atoms with E-state index in [1.807, 2.05) is 42.5 Å². The Morgan fingerprint density at radius 2 is 1.65 bits per heavy atom. The van der Waals surface area contributed by atoms with Crippen LogP contribution in [0.3, 0.4) is 0 Å². The molecule has 0 fully saturated rings. The van der Waals surface area contributed by atoms with Gasteiger partial charge in [-0.25, -0.2) is 9.69 Å². The van der Waals surface area contributed by atoms with Gasteiger partial charge in [0.2, 0.25) is 5.88 Å². The molecule has 2 aliphatic carbocycles. The van der Waals surface area contributed by atoms with Gasteiger partial charge in [-0.2, -0.15) is 0 Å². The molecule has 4 rings (SSSR count). The fraction of sp³-hybridized carbons (Fsp3) is 0.143. The molecule has 0 radical (unpaired) electrons. The lowest BCUT2D eigenvalue weighted by Crippen LogP contribution is -2.28. The number of hydrogen-bond donors (Lipinski definition) is 1. The third kappa shape index (κ3) is 2.77. The van der Waals surface area contributed by atoms with Gasteiger partial charge >= 0.3 is 5.97 Å². The Labute approximate surface area is 150 Å². The molecule has 1 aliphatic heterocycles. The molecule has 0 spiro atoms. The maximum absolute atomic E-state index is 13.3.